The van der Waals surface area contributed by atoms with Crippen LogP contribution in [-0.2, 0) is 25.9 Å². The number of hydroxylamine groups is 1. The predicted molar refractivity (Wildman–Crippen MR) is 167 cm³/mol. The molecule has 43 heavy (non-hydrogen) atoms. The Labute approximate surface area is 254 Å². The number of nitrogens with one attached hydrogen (secondary N) is 3. The van der Waals surface area contributed by atoms with Crippen LogP contribution < -0.4 is 21.8 Å². The van der Waals surface area contributed by atoms with Crippen LogP contribution in [0.1, 0.15) is 24.8 Å². The van der Waals surface area contributed by atoms with E-state index >= 15 is 0 Å². The summed E-state index contributed by atoms with van der Waals surface area (Å²) in [6.45, 7) is 2.91. The summed E-state index contributed by atoms with van der Waals surface area (Å²) in [6, 6.07) is 16.1. The van der Waals surface area contributed by atoms with Crippen molar-refractivity contribution < 1.29 is 22.8 Å². The molecule has 12 nitrogen and oxygen atoms in total. The number of rotatable bonds is 14. The van der Waals surface area contributed by atoms with Gasteiger partial charge < -0.3 is 26.2 Å². The number of aryl methyl sites for hydroxylation is 1. The molecule has 3 amide bonds. The lowest BCUT2D eigenvalue weighted by molar-refractivity contribution is -0.123. The number of urea groups is 1. The minimum absolute atomic E-state index is 0.107. The highest BCUT2D eigenvalue weighted by Crippen LogP contribution is 2.14. The molecule has 2 atom stereocenters. The van der Waals surface area contributed by atoms with Gasteiger partial charge in [0.15, 0.2) is 9.84 Å². The second-order valence-electron chi connectivity index (χ2n) is 10.3. The maximum atomic E-state index is 13.6. The molecule has 0 aromatic heterocycles. The van der Waals surface area contributed by atoms with Gasteiger partial charge in [-0.15, -0.1) is 0 Å². The first kappa shape index (κ1) is 33.6. The average molecular weight is 614 g/mol. The number of hydrogen-bond acceptors (Lipinski definition) is 7. The zero-order chi connectivity index (χ0) is 31.1. The van der Waals surface area contributed by atoms with E-state index < -0.39 is 27.8 Å². The Morgan fingerprint density at radius 3 is 2.30 bits per heavy atom. The van der Waals surface area contributed by atoms with E-state index in [1.807, 2.05) is 37.4 Å². The van der Waals surface area contributed by atoms with E-state index in [2.05, 4.69) is 26.0 Å². The van der Waals surface area contributed by atoms with Gasteiger partial charge in [-0.3, -0.25) is 14.6 Å². The maximum absolute atomic E-state index is 13.6. The van der Waals surface area contributed by atoms with Gasteiger partial charge in [0.25, 0.3) is 0 Å². The summed E-state index contributed by atoms with van der Waals surface area (Å²) in [6.07, 6.45) is 3.33. The van der Waals surface area contributed by atoms with Gasteiger partial charge in [-0.2, -0.15) is 0 Å². The van der Waals surface area contributed by atoms with Crippen LogP contribution in [0.5, 0.6) is 0 Å². The van der Waals surface area contributed by atoms with Gasteiger partial charge in [0.1, 0.15) is 6.04 Å². The average Bonchev–Trinajstić information content (AvgIpc) is 3.01. The van der Waals surface area contributed by atoms with Crippen LogP contribution in [0, 0.1) is 0 Å². The normalized spacial score (nSPS) is 16.0. The molecule has 0 spiro atoms. The third-order valence-electron chi connectivity index (χ3n) is 7.02. The van der Waals surface area contributed by atoms with Crippen molar-refractivity contribution in [3.8, 4) is 0 Å². The monoisotopic (exact) mass is 613 g/mol. The molecule has 234 valence electrons. The van der Waals surface area contributed by atoms with Crippen LogP contribution in [0.4, 0.5) is 4.79 Å². The summed E-state index contributed by atoms with van der Waals surface area (Å²) in [5.41, 5.74) is 9.20. The van der Waals surface area contributed by atoms with E-state index in [9.17, 15) is 18.0 Å². The zero-order valence-corrected chi connectivity index (χ0v) is 25.6. The Morgan fingerprint density at radius 1 is 1.00 bits per heavy atom. The molecule has 0 unspecified atom stereocenters. The van der Waals surface area contributed by atoms with Gasteiger partial charge in [0.05, 0.1) is 12.0 Å². The number of hydrogen-bond donors (Lipinski definition) is 4. The number of likely N-dealkylation sites (N-methyl/N-ethyl adjacent to an activating group) is 1. The van der Waals surface area contributed by atoms with Gasteiger partial charge in [-0.1, -0.05) is 54.6 Å². The van der Waals surface area contributed by atoms with Crippen LogP contribution in [0.2, 0.25) is 0 Å². The first-order valence-corrected chi connectivity index (χ1v) is 15.9. The smallest absolute Gasteiger partial charge is 0.318 e. The van der Waals surface area contributed by atoms with Crippen molar-refractivity contribution in [1.82, 2.24) is 25.9 Å². The number of piperazine rings is 1. The number of guanidine groups is 1. The van der Waals surface area contributed by atoms with Crippen molar-refractivity contribution in [2.45, 2.75) is 42.7 Å². The maximum Gasteiger partial charge on any atom is 0.318 e. The topological polar surface area (TPSA) is 158 Å². The van der Waals surface area contributed by atoms with Crippen LogP contribution in [0.3, 0.4) is 0 Å². The quantitative estimate of drug-likeness (QED) is 0.108. The summed E-state index contributed by atoms with van der Waals surface area (Å²) < 4.78 is 25.9. The minimum Gasteiger partial charge on any atom is -0.368 e. The minimum atomic E-state index is -3.72. The van der Waals surface area contributed by atoms with Crippen LogP contribution >= 0.6 is 0 Å². The number of nitrogens with zero attached hydrogens (tertiary/aromatic N) is 3. The highest BCUT2D eigenvalue weighted by molar-refractivity contribution is 7.94. The SMILES string of the molecule is CONC(N)=NCCC[C@H](NC(=O)N1CCN(C)CC1)C(=O)N[C@H](/C=C/S(=O)(=O)c1ccccc1)CCc1ccccc1. The molecule has 0 bridgehead atoms. The Balaban J connectivity index is 1.76. The molecule has 1 aliphatic rings. The highest BCUT2D eigenvalue weighted by Gasteiger charge is 2.26. The van der Waals surface area contributed by atoms with Gasteiger partial charge in [0, 0.05) is 44.2 Å². The summed E-state index contributed by atoms with van der Waals surface area (Å²) in [5.74, 6) is -0.301. The fourth-order valence-corrected chi connectivity index (χ4v) is 5.59. The summed E-state index contributed by atoms with van der Waals surface area (Å²) in [4.78, 5) is 39.6. The first-order valence-electron chi connectivity index (χ1n) is 14.3. The van der Waals surface area contributed by atoms with E-state index in [-0.39, 0.29) is 16.9 Å². The lowest BCUT2D eigenvalue weighted by atomic mass is 10.0. The number of carbonyl (C=O) groups excluding carboxylic acids is 2. The third kappa shape index (κ3) is 11.7. The molecule has 13 heteroatoms. The Kier molecular flexibility index (Phi) is 13.5. The number of carbonyl (C=O) groups is 2. The molecule has 1 heterocycles. The van der Waals surface area contributed by atoms with Crippen molar-refractivity contribution in [2.24, 2.45) is 10.7 Å². The number of aliphatic imine (C=N–C) groups is 1. The van der Waals surface area contributed by atoms with Gasteiger partial charge >= 0.3 is 6.03 Å². The molecule has 2 aromatic rings. The number of benzene rings is 2. The van der Waals surface area contributed by atoms with Crippen LogP contribution in [0.15, 0.2) is 82.0 Å². The Bertz CT molecular complexity index is 1310. The standard InChI is InChI=1S/C30H43N7O5S/c1-36-19-21-37(22-20-36)30(39)34-27(14-9-18-32-29(31)35-42-2)28(38)33-25(16-15-24-10-5-3-6-11-24)17-23-43(40,41)26-12-7-4-8-13-26/h3-8,10-13,17,23,25,27H,9,14-16,18-22H2,1-2H3,(H,33,38)(H,34,39)(H3,31,32,35)/b23-17+/t25-,27-/m0/s1. The van der Waals surface area contributed by atoms with Gasteiger partial charge in [0.2, 0.25) is 11.9 Å². The molecule has 2 aromatic carbocycles. The van der Waals surface area contributed by atoms with E-state index in [1.54, 1.807) is 23.1 Å². The van der Waals surface area contributed by atoms with Gasteiger partial charge in [-0.25, -0.2) is 18.7 Å². The Morgan fingerprint density at radius 2 is 1.65 bits per heavy atom. The first-order chi connectivity index (χ1) is 20.7. The van der Waals surface area contributed by atoms with Gasteiger partial charge in [-0.05, 0) is 50.4 Å². The van der Waals surface area contributed by atoms with E-state index in [1.165, 1.54) is 25.3 Å². The van der Waals surface area contributed by atoms with Crippen molar-refractivity contribution in [2.75, 3.05) is 46.9 Å². The molecule has 5 N–H and O–H groups in total. The largest absolute Gasteiger partial charge is 0.368 e. The molecular formula is C30H43N7O5S. The second-order valence-corrected chi connectivity index (χ2v) is 12.2. The molecule has 1 aliphatic heterocycles. The lowest BCUT2D eigenvalue weighted by Crippen LogP contribution is -2.56. The molecule has 3 rings (SSSR count). The highest BCUT2D eigenvalue weighted by atomic mass is 32.2. The molecule has 1 saturated heterocycles. The molecule has 1 fully saturated rings. The third-order valence-corrected chi connectivity index (χ3v) is 8.47. The fourth-order valence-electron chi connectivity index (χ4n) is 4.50. The van der Waals surface area contributed by atoms with Crippen molar-refractivity contribution in [1.29, 1.82) is 0 Å². The Hall–Kier alpha value is -3.94. The summed E-state index contributed by atoms with van der Waals surface area (Å²) in [5, 5.41) is 6.99. The zero-order valence-electron chi connectivity index (χ0n) is 24.8. The van der Waals surface area contributed by atoms with E-state index in [0.717, 1.165) is 24.1 Å². The lowest BCUT2D eigenvalue weighted by Gasteiger charge is -2.33. The predicted octanol–water partition coefficient (Wildman–Crippen LogP) is 1.66. The van der Waals surface area contributed by atoms with Crippen LogP contribution in [-0.4, -0.2) is 95.1 Å². The van der Waals surface area contributed by atoms with E-state index in [0.29, 0.717) is 45.3 Å². The molecule has 0 saturated carbocycles. The molecule has 0 radical (unpaired) electrons. The molecular weight excluding hydrogens is 570 g/mol. The fraction of sp³-hybridized carbons (Fsp3) is 0.433. The van der Waals surface area contributed by atoms with Crippen molar-refractivity contribution >= 4 is 27.7 Å². The number of nitrogens with two attached hydrogens (primary N) is 1. The summed E-state index contributed by atoms with van der Waals surface area (Å²) in [7, 11) is -0.300. The number of amides is 3. The second kappa shape index (κ2) is 17.2. The van der Waals surface area contributed by atoms with Crippen molar-refractivity contribution in [3.63, 3.8) is 0 Å². The number of sulfone groups is 1. The van der Waals surface area contributed by atoms with E-state index in [4.69, 9.17) is 10.6 Å². The van der Waals surface area contributed by atoms with Crippen LogP contribution in [0.25, 0.3) is 0 Å². The summed E-state index contributed by atoms with van der Waals surface area (Å²) >= 11 is 0. The van der Waals surface area contributed by atoms with Crippen molar-refractivity contribution in [3.05, 3.63) is 77.7 Å². The molecule has 0 aliphatic carbocycles.